The zero-order chi connectivity index (χ0) is 14.3. The summed E-state index contributed by atoms with van der Waals surface area (Å²) in [7, 11) is 3.08. The van der Waals surface area contributed by atoms with Crippen LogP contribution in [0.3, 0.4) is 0 Å². The van der Waals surface area contributed by atoms with Gasteiger partial charge in [-0.05, 0) is 18.6 Å². The number of para-hydroxylation sites is 1. The summed E-state index contributed by atoms with van der Waals surface area (Å²) in [6.07, 6.45) is 2.10. The minimum atomic E-state index is -0.156. The number of halogens is 1. The highest BCUT2D eigenvalue weighted by Gasteiger charge is 2.16. The Morgan fingerprint density at radius 1 is 1.37 bits per heavy atom. The molecule has 1 N–H and O–H groups in total. The van der Waals surface area contributed by atoms with Crippen LogP contribution in [0.2, 0.25) is 0 Å². The first-order chi connectivity index (χ1) is 9.13. The molecule has 1 unspecified atom stereocenters. The molecular formula is C14H20BrNO3. The van der Waals surface area contributed by atoms with Crippen molar-refractivity contribution < 1.29 is 14.3 Å². The molecule has 1 amide bonds. The standard InChI is InChI=1S/C14H20BrNO3/c1-4-6-10(15)9-16-14(17)11-7-5-8-12(18-2)13(11)19-3/h5,7-8,10H,4,6,9H2,1-3H3,(H,16,17). The third-order valence-corrected chi connectivity index (χ3v) is 3.52. The normalized spacial score (nSPS) is 11.8. The number of carbonyl (C=O) groups is 1. The second-order valence-electron chi connectivity index (χ2n) is 4.14. The molecule has 0 spiro atoms. The van der Waals surface area contributed by atoms with Gasteiger partial charge in [-0.15, -0.1) is 0 Å². The molecule has 5 heteroatoms. The Labute approximate surface area is 122 Å². The van der Waals surface area contributed by atoms with Gasteiger partial charge >= 0.3 is 0 Å². The number of nitrogens with one attached hydrogen (secondary N) is 1. The van der Waals surface area contributed by atoms with Crippen molar-refractivity contribution in [3.63, 3.8) is 0 Å². The number of methoxy groups -OCH3 is 2. The van der Waals surface area contributed by atoms with Gasteiger partial charge in [-0.3, -0.25) is 4.79 Å². The van der Waals surface area contributed by atoms with Gasteiger partial charge in [-0.2, -0.15) is 0 Å². The van der Waals surface area contributed by atoms with E-state index in [1.807, 2.05) is 0 Å². The smallest absolute Gasteiger partial charge is 0.255 e. The topological polar surface area (TPSA) is 47.6 Å². The van der Waals surface area contributed by atoms with Gasteiger partial charge in [0.15, 0.2) is 11.5 Å². The lowest BCUT2D eigenvalue weighted by atomic mass is 10.1. The molecule has 1 rings (SSSR count). The fourth-order valence-electron chi connectivity index (χ4n) is 1.78. The third kappa shape index (κ3) is 4.42. The fourth-order valence-corrected chi connectivity index (χ4v) is 2.40. The largest absolute Gasteiger partial charge is 0.493 e. The van der Waals surface area contributed by atoms with E-state index in [0.29, 0.717) is 23.6 Å². The van der Waals surface area contributed by atoms with Crippen molar-refractivity contribution in [2.75, 3.05) is 20.8 Å². The number of alkyl halides is 1. The number of carbonyl (C=O) groups excluding carboxylic acids is 1. The first-order valence-corrected chi connectivity index (χ1v) is 7.18. The first-order valence-electron chi connectivity index (χ1n) is 6.27. The van der Waals surface area contributed by atoms with E-state index in [-0.39, 0.29) is 10.7 Å². The molecule has 0 heterocycles. The van der Waals surface area contributed by atoms with Crippen LogP contribution in [0.15, 0.2) is 18.2 Å². The van der Waals surface area contributed by atoms with E-state index in [0.717, 1.165) is 12.8 Å². The Kier molecular flexibility index (Phi) is 6.70. The summed E-state index contributed by atoms with van der Waals surface area (Å²) in [6, 6.07) is 5.26. The fraction of sp³-hybridized carbons (Fsp3) is 0.500. The van der Waals surface area contributed by atoms with Crippen LogP contribution in [0.1, 0.15) is 30.1 Å². The molecule has 0 aliphatic carbocycles. The van der Waals surface area contributed by atoms with Crippen LogP contribution in [0.4, 0.5) is 0 Å². The van der Waals surface area contributed by atoms with E-state index >= 15 is 0 Å². The van der Waals surface area contributed by atoms with E-state index in [9.17, 15) is 4.79 Å². The maximum absolute atomic E-state index is 12.1. The molecule has 0 fully saturated rings. The Morgan fingerprint density at radius 2 is 2.11 bits per heavy atom. The number of amides is 1. The van der Waals surface area contributed by atoms with Crippen molar-refractivity contribution >= 4 is 21.8 Å². The van der Waals surface area contributed by atoms with Crippen LogP contribution in [0.25, 0.3) is 0 Å². The molecule has 0 aliphatic rings. The van der Waals surface area contributed by atoms with Crippen molar-refractivity contribution in [3.05, 3.63) is 23.8 Å². The molecule has 0 saturated heterocycles. The minimum Gasteiger partial charge on any atom is -0.493 e. The van der Waals surface area contributed by atoms with E-state index in [1.54, 1.807) is 25.3 Å². The molecule has 0 radical (unpaired) electrons. The number of hydrogen-bond acceptors (Lipinski definition) is 3. The zero-order valence-electron chi connectivity index (χ0n) is 11.5. The van der Waals surface area contributed by atoms with Crippen molar-refractivity contribution in [2.45, 2.75) is 24.6 Å². The Balaban J connectivity index is 2.76. The van der Waals surface area contributed by atoms with Gasteiger partial charge in [0.25, 0.3) is 5.91 Å². The molecule has 1 atom stereocenters. The summed E-state index contributed by atoms with van der Waals surface area (Å²) in [6.45, 7) is 2.70. The average Bonchev–Trinajstić information content (AvgIpc) is 2.44. The molecule has 4 nitrogen and oxygen atoms in total. The predicted molar refractivity (Wildman–Crippen MR) is 79.5 cm³/mol. The molecule has 106 valence electrons. The number of rotatable bonds is 7. The van der Waals surface area contributed by atoms with Crippen LogP contribution in [0, 0.1) is 0 Å². The maximum Gasteiger partial charge on any atom is 0.255 e. The third-order valence-electron chi connectivity index (χ3n) is 2.73. The summed E-state index contributed by atoms with van der Waals surface area (Å²) < 4.78 is 10.4. The summed E-state index contributed by atoms with van der Waals surface area (Å²) in [5.41, 5.74) is 0.484. The van der Waals surface area contributed by atoms with Gasteiger partial charge in [0, 0.05) is 11.4 Å². The van der Waals surface area contributed by atoms with Crippen LogP contribution >= 0.6 is 15.9 Å². The minimum absolute atomic E-state index is 0.156. The summed E-state index contributed by atoms with van der Waals surface area (Å²) in [5, 5.41) is 2.89. The molecule has 0 bridgehead atoms. The number of ether oxygens (including phenoxy) is 2. The van der Waals surface area contributed by atoms with E-state index in [2.05, 4.69) is 28.2 Å². The predicted octanol–water partition coefficient (Wildman–Crippen LogP) is 3.00. The van der Waals surface area contributed by atoms with Crippen molar-refractivity contribution in [1.82, 2.24) is 5.32 Å². The van der Waals surface area contributed by atoms with E-state index < -0.39 is 0 Å². The molecule has 1 aromatic carbocycles. The Bertz CT molecular complexity index is 423. The summed E-state index contributed by atoms with van der Waals surface area (Å²) >= 11 is 3.53. The second kappa shape index (κ2) is 8.04. The Morgan fingerprint density at radius 3 is 2.68 bits per heavy atom. The summed E-state index contributed by atoms with van der Waals surface area (Å²) in [4.78, 5) is 12.4. The van der Waals surface area contributed by atoms with Crippen molar-refractivity contribution in [1.29, 1.82) is 0 Å². The maximum atomic E-state index is 12.1. The monoisotopic (exact) mass is 329 g/mol. The second-order valence-corrected chi connectivity index (χ2v) is 5.43. The van der Waals surface area contributed by atoms with Crippen LogP contribution in [0.5, 0.6) is 11.5 Å². The van der Waals surface area contributed by atoms with Gasteiger partial charge < -0.3 is 14.8 Å². The van der Waals surface area contributed by atoms with E-state index in [1.165, 1.54) is 7.11 Å². The molecule has 0 saturated carbocycles. The van der Waals surface area contributed by atoms with Gasteiger partial charge in [0.05, 0.1) is 19.8 Å². The number of hydrogen-bond donors (Lipinski definition) is 1. The number of benzene rings is 1. The SMILES string of the molecule is CCCC(Br)CNC(=O)c1cccc(OC)c1OC. The van der Waals surface area contributed by atoms with Crippen LogP contribution in [-0.4, -0.2) is 31.5 Å². The lowest BCUT2D eigenvalue weighted by Crippen LogP contribution is -2.29. The van der Waals surface area contributed by atoms with Crippen LogP contribution in [-0.2, 0) is 0 Å². The zero-order valence-corrected chi connectivity index (χ0v) is 13.1. The van der Waals surface area contributed by atoms with Gasteiger partial charge in [0.2, 0.25) is 0 Å². The lowest BCUT2D eigenvalue weighted by molar-refractivity contribution is 0.0950. The molecule has 0 aromatic heterocycles. The lowest BCUT2D eigenvalue weighted by Gasteiger charge is -2.14. The highest BCUT2D eigenvalue weighted by Crippen LogP contribution is 2.30. The van der Waals surface area contributed by atoms with Crippen LogP contribution < -0.4 is 14.8 Å². The van der Waals surface area contributed by atoms with Crippen molar-refractivity contribution in [2.24, 2.45) is 0 Å². The molecular weight excluding hydrogens is 310 g/mol. The first kappa shape index (κ1) is 15.8. The molecule has 1 aromatic rings. The van der Waals surface area contributed by atoms with Crippen molar-refractivity contribution in [3.8, 4) is 11.5 Å². The van der Waals surface area contributed by atoms with Gasteiger partial charge in [-0.1, -0.05) is 35.3 Å². The highest BCUT2D eigenvalue weighted by molar-refractivity contribution is 9.09. The Hall–Kier alpha value is -1.23. The van der Waals surface area contributed by atoms with Gasteiger partial charge in [0.1, 0.15) is 0 Å². The molecule has 0 aliphatic heterocycles. The van der Waals surface area contributed by atoms with Gasteiger partial charge in [-0.25, -0.2) is 0 Å². The highest BCUT2D eigenvalue weighted by atomic mass is 79.9. The molecule has 19 heavy (non-hydrogen) atoms. The average molecular weight is 330 g/mol. The van der Waals surface area contributed by atoms with E-state index in [4.69, 9.17) is 9.47 Å². The quantitative estimate of drug-likeness (QED) is 0.782. The summed E-state index contributed by atoms with van der Waals surface area (Å²) in [5.74, 6) is 0.861.